The van der Waals surface area contributed by atoms with E-state index < -0.39 is 0 Å². The minimum atomic E-state index is -0.0150. The zero-order valence-corrected chi connectivity index (χ0v) is 15.0. The van der Waals surface area contributed by atoms with Crippen LogP contribution in [-0.2, 0) is 6.42 Å². The Morgan fingerprint density at radius 1 is 1.36 bits per heavy atom. The Kier molecular flexibility index (Phi) is 5.16. The fraction of sp³-hybridized carbons (Fsp3) is 0.421. The lowest BCUT2D eigenvalue weighted by molar-refractivity contribution is 0.0771. The summed E-state index contributed by atoms with van der Waals surface area (Å²) in [6, 6.07) is 5.59. The van der Waals surface area contributed by atoms with E-state index in [2.05, 4.69) is 9.97 Å². The van der Waals surface area contributed by atoms with Gasteiger partial charge in [-0.3, -0.25) is 9.78 Å². The molecular weight excluding hydrogens is 316 g/mol. The average Bonchev–Trinajstić information content (AvgIpc) is 3.10. The number of rotatable bonds is 5. The second-order valence-corrected chi connectivity index (χ2v) is 6.39. The van der Waals surface area contributed by atoms with Crippen LogP contribution in [0.5, 0.6) is 5.75 Å². The molecule has 2 aromatic heterocycles. The van der Waals surface area contributed by atoms with Crippen LogP contribution in [0.15, 0.2) is 36.8 Å². The molecule has 3 rings (SSSR count). The highest BCUT2D eigenvalue weighted by molar-refractivity contribution is 5.95. The second-order valence-electron chi connectivity index (χ2n) is 6.39. The molecule has 3 heterocycles. The summed E-state index contributed by atoms with van der Waals surface area (Å²) in [6.07, 6.45) is 6.80. The molecule has 132 valence electrons. The maximum atomic E-state index is 12.8. The third-order valence-corrected chi connectivity index (χ3v) is 4.42. The summed E-state index contributed by atoms with van der Waals surface area (Å²) in [6.45, 7) is 3.33. The minimum absolute atomic E-state index is 0.0150. The van der Waals surface area contributed by atoms with Gasteiger partial charge in [0.15, 0.2) is 11.6 Å². The first-order chi connectivity index (χ1) is 12.1. The zero-order valence-electron chi connectivity index (χ0n) is 15.0. The normalized spacial score (nSPS) is 16.8. The summed E-state index contributed by atoms with van der Waals surface area (Å²) in [4.78, 5) is 25.1. The molecule has 0 aromatic carbocycles. The van der Waals surface area contributed by atoms with E-state index in [1.807, 2.05) is 43.0 Å². The van der Waals surface area contributed by atoms with Crippen LogP contribution in [-0.4, -0.2) is 54.1 Å². The molecule has 2 aromatic rings. The Bertz CT molecular complexity index is 748. The molecule has 0 bridgehead atoms. The summed E-state index contributed by atoms with van der Waals surface area (Å²) in [5.41, 5.74) is 1.73. The van der Waals surface area contributed by atoms with Crippen molar-refractivity contribution in [3.63, 3.8) is 0 Å². The fourth-order valence-corrected chi connectivity index (χ4v) is 3.09. The molecule has 1 atom stereocenters. The minimum Gasteiger partial charge on any atom is -0.485 e. The molecule has 1 fully saturated rings. The van der Waals surface area contributed by atoms with Crippen LogP contribution in [0.2, 0.25) is 0 Å². The maximum Gasteiger partial charge on any atom is 0.254 e. The van der Waals surface area contributed by atoms with Crippen LogP contribution in [0.25, 0.3) is 0 Å². The number of carbonyl (C=O) groups excluding carboxylic acids is 1. The number of aryl methyl sites for hydroxylation is 1. The van der Waals surface area contributed by atoms with E-state index in [1.165, 1.54) is 0 Å². The number of ether oxygens (including phenoxy) is 1. The lowest BCUT2D eigenvalue weighted by Gasteiger charge is -2.21. The van der Waals surface area contributed by atoms with Gasteiger partial charge in [0.1, 0.15) is 6.10 Å². The van der Waals surface area contributed by atoms with Crippen molar-refractivity contribution >= 4 is 11.7 Å². The molecule has 6 nitrogen and oxygen atoms in total. The molecule has 0 spiro atoms. The van der Waals surface area contributed by atoms with E-state index in [0.29, 0.717) is 13.1 Å². The fourth-order valence-electron chi connectivity index (χ4n) is 3.09. The second kappa shape index (κ2) is 7.51. The molecule has 0 aliphatic carbocycles. The number of anilines is 1. The summed E-state index contributed by atoms with van der Waals surface area (Å²) < 4.78 is 6.13. The van der Waals surface area contributed by atoms with E-state index >= 15 is 0 Å². The molecule has 1 aliphatic heterocycles. The monoisotopic (exact) mass is 340 g/mol. The van der Waals surface area contributed by atoms with Crippen LogP contribution in [0.3, 0.4) is 0 Å². The number of amides is 1. The number of likely N-dealkylation sites (tertiary alicyclic amines) is 1. The Morgan fingerprint density at radius 3 is 2.96 bits per heavy atom. The molecule has 0 saturated carbocycles. The van der Waals surface area contributed by atoms with Crippen molar-refractivity contribution in [2.45, 2.75) is 25.9 Å². The van der Waals surface area contributed by atoms with Crippen LogP contribution in [0, 0.1) is 0 Å². The van der Waals surface area contributed by atoms with Gasteiger partial charge in [0.05, 0.1) is 6.54 Å². The topological polar surface area (TPSA) is 58.6 Å². The van der Waals surface area contributed by atoms with Crippen molar-refractivity contribution in [3.8, 4) is 5.75 Å². The molecule has 1 saturated heterocycles. The molecule has 6 heteroatoms. The van der Waals surface area contributed by atoms with Crippen LogP contribution in [0.1, 0.15) is 29.3 Å². The van der Waals surface area contributed by atoms with Crippen LogP contribution in [0.4, 0.5) is 5.82 Å². The number of aromatic nitrogens is 2. The molecular formula is C19H24N4O2. The molecule has 25 heavy (non-hydrogen) atoms. The predicted molar refractivity (Wildman–Crippen MR) is 97.1 cm³/mol. The van der Waals surface area contributed by atoms with Gasteiger partial charge < -0.3 is 14.5 Å². The Morgan fingerprint density at radius 2 is 2.20 bits per heavy atom. The van der Waals surface area contributed by atoms with Gasteiger partial charge in [-0.1, -0.05) is 6.92 Å². The van der Waals surface area contributed by atoms with E-state index in [4.69, 9.17) is 4.74 Å². The first kappa shape index (κ1) is 17.2. The van der Waals surface area contributed by atoms with Gasteiger partial charge in [0.25, 0.3) is 5.91 Å². The third kappa shape index (κ3) is 3.73. The lowest BCUT2D eigenvalue weighted by atomic mass is 10.1. The number of hydrogen-bond acceptors (Lipinski definition) is 5. The van der Waals surface area contributed by atoms with E-state index in [0.717, 1.165) is 35.5 Å². The van der Waals surface area contributed by atoms with E-state index in [9.17, 15) is 4.79 Å². The van der Waals surface area contributed by atoms with Crippen molar-refractivity contribution in [2.75, 3.05) is 32.1 Å². The number of pyridine rings is 2. The van der Waals surface area contributed by atoms with Gasteiger partial charge in [0.2, 0.25) is 0 Å². The molecule has 1 aliphatic rings. The van der Waals surface area contributed by atoms with Gasteiger partial charge in [-0.25, -0.2) is 4.98 Å². The number of carbonyl (C=O) groups is 1. The maximum absolute atomic E-state index is 12.8. The van der Waals surface area contributed by atoms with Crippen LogP contribution < -0.4 is 9.64 Å². The first-order valence-electron chi connectivity index (χ1n) is 8.61. The van der Waals surface area contributed by atoms with Crippen molar-refractivity contribution < 1.29 is 9.53 Å². The van der Waals surface area contributed by atoms with E-state index in [-0.39, 0.29) is 12.0 Å². The lowest BCUT2D eigenvalue weighted by Crippen LogP contribution is -2.31. The standard InChI is InChI=1S/C19H24N4O2/c1-4-14-12-20-10-7-16(14)19(24)23-11-8-15(13-23)25-17-6-5-9-21-18(17)22(2)3/h5-7,9-10,12,15H,4,8,11,13H2,1-3H3. The molecule has 0 radical (unpaired) electrons. The number of hydrogen-bond donors (Lipinski definition) is 0. The highest BCUT2D eigenvalue weighted by atomic mass is 16.5. The zero-order chi connectivity index (χ0) is 17.8. The van der Waals surface area contributed by atoms with Gasteiger partial charge in [0, 0.05) is 51.2 Å². The summed E-state index contributed by atoms with van der Waals surface area (Å²) in [7, 11) is 3.88. The number of nitrogens with zero attached hydrogens (tertiary/aromatic N) is 4. The Hall–Kier alpha value is -2.63. The van der Waals surface area contributed by atoms with Crippen molar-refractivity contribution in [1.82, 2.24) is 14.9 Å². The first-order valence-corrected chi connectivity index (χ1v) is 8.61. The average molecular weight is 340 g/mol. The predicted octanol–water partition coefficient (Wildman–Crippen LogP) is 2.40. The van der Waals surface area contributed by atoms with E-state index in [1.54, 1.807) is 24.7 Å². The third-order valence-electron chi connectivity index (χ3n) is 4.42. The smallest absolute Gasteiger partial charge is 0.254 e. The molecule has 1 amide bonds. The Balaban J connectivity index is 1.69. The summed E-state index contributed by atoms with van der Waals surface area (Å²) >= 11 is 0. The Labute approximate surface area is 148 Å². The SMILES string of the molecule is CCc1cnccc1C(=O)N1CCC(Oc2cccnc2N(C)C)C1. The highest BCUT2D eigenvalue weighted by Crippen LogP contribution is 2.27. The van der Waals surface area contributed by atoms with Gasteiger partial charge in [-0.2, -0.15) is 0 Å². The van der Waals surface area contributed by atoms with Crippen molar-refractivity contribution in [1.29, 1.82) is 0 Å². The molecule has 0 N–H and O–H groups in total. The molecule has 1 unspecified atom stereocenters. The highest BCUT2D eigenvalue weighted by Gasteiger charge is 2.29. The van der Waals surface area contributed by atoms with Gasteiger partial charge >= 0.3 is 0 Å². The largest absolute Gasteiger partial charge is 0.485 e. The summed E-state index contributed by atoms with van der Waals surface area (Å²) in [5, 5.41) is 0. The summed E-state index contributed by atoms with van der Waals surface area (Å²) in [5.74, 6) is 1.61. The van der Waals surface area contributed by atoms with Crippen molar-refractivity contribution in [3.05, 3.63) is 47.9 Å². The quantitative estimate of drug-likeness (QED) is 0.836. The van der Waals surface area contributed by atoms with Crippen LogP contribution >= 0.6 is 0 Å². The van der Waals surface area contributed by atoms with Crippen molar-refractivity contribution in [2.24, 2.45) is 0 Å². The van der Waals surface area contributed by atoms with Gasteiger partial charge in [-0.05, 0) is 30.2 Å². The van der Waals surface area contributed by atoms with Gasteiger partial charge in [-0.15, -0.1) is 0 Å².